The Morgan fingerprint density at radius 1 is 1.44 bits per heavy atom. The van der Waals surface area contributed by atoms with E-state index in [-0.39, 0.29) is 23.6 Å². The Morgan fingerprint density at radius 2 is 2.11 bits per heavy atom. The maximum atomic E-state index is 12.8. The fraction of sp³-hybridized carbons (Fsp3) is 0.273. The van der Waals surface area contributed by atoms with Crippen molar-refractivity contribution in [3.05, 3.63) is 34.6 Å². The number of carbonyl (C=O) groups is 2. The van der Waals surface area contributed by atoms with Gasteiger partial charge in [-0.2, -0.15) is 0 Å². The molecule has 0 aliphatic rings. The summed E-state index contributed by atoms with van der Waals surface area (Å²) in [5, 5.41) is 19.6. The third-order valence-electron chi connectivity index (χ3n) is 2.17. The normalized spacial score (nSPS) is 11.9. The standard InChI is InChI=1S/C11H11ClFNO4/c12-7-5-6(1-2-8(7)13)10(16)14-4-3-9(15)11(17)18/h1-2,5,9,15H,3-4H2,(H,14,16)(H,17,18). The number of carbonyl (C=O) groups excluding carboxylic acids is 1. The van der Waals surface area contributed by atoms with Crippen molar-refractivity contribution in [2.45, 2.75) is 12.5 Å². The second-order valence-corrected chi connectivity index (χ2v) is 3.93. The van der Waals surface area contributed by atoms with E-state index in [0.717, 1.165) is 6.07 Å². The second-order valence-electron chi connectivity index (χ2n) is 3.53. The van der Waals surface area contributed by atoms with Crippen LogP contribution < -0.4 is 5.32 Å². The van der Waals surface area contributed by atoms with E-state index in [9.17, 15) is 14.0 Å². The Balaban J connectivity index is 2.50. The van der Waals surface area contributed by atoms with Crippen molar-refractivity contribution in [3.63, 3.8) is 0 Å². The summed E-state index contributed by atoms with van der Waals surface area (Å²) >= 11 is 5.51. The number of carboxylic acids is 1. The fourth-order valence-corrected chi connectivity index (χ4v) is 1.37. The van der Waals surface area contributed by atoms with E-state index < -0.39 is 23.8 Å². The Labute approximate surface area is 107 Å². The number of amides is 1. The van der Waals surface area contributed by atoms with Gasteiger partial charge in [-0.15, -0.1) is 0 Å². The maximum absolute atomic E-state index is 12.8. The lowest BCUT2D eigenvalue weighted by molar-refractivity contribution is -0.146. The van der Waals surface area contributed by atoms with E-state index in [1.165, 1.54) is 12.1 Å². The molecule has 0 spiro atoms. The molecule has 3 N–H and O–H groups in total. The molecule has 0 aromatic heterocycles. The maximum Gasteiger partial charge on any atom is 0.332 e. The van der Waals surface area contributed by atoms with Crippen LogP contribution in [0.15, 0.2) is 18.2 Å². The average molecular weight is 276 g/mol. The molecule has 0 saturated heterocycles. The molecule has 7 heteroatoms. The van der Waals surface area contributed by atoms with Gasteiger partial charge in [-0.25, -0.2) is 9.18 Å². The molecule has 1 aromatic rings. The Bertz CT molecular complexity index is 466. The molecule has 18 heavy (non-hydrogen) atoms. The van der Waals surface area contributed by atoms with Gasteiger partial charge < -0.3 is 15.5 Å². The van der Waals surface area contributed by atoms with Gasteiger partial charge in [-0.3, -0.25) is 4.79 Å². The van der Waals surface area contributed by atoms with Gasteiger partial charge in [0, 0.05) is 18.5 Å². The molecule has 1 unspecified atom stereocenters. The molecule has 0 saturated carbocycles. The third-order valence-corrected chi connectivity index (χ3v) is 2.46. The summed E-state index contributed by atoms with van der Waals surface area (Å²) in [6, 6.07) is 3.48. The van der Waals surface area contributed by atoms with Crippen LogP contribution in [0.25, 0.3) is 0 Å². The van der Waals surface area contributed by atoms with Crippen LogP contribution in [0.1, 0.15) is 16.8 Å². The molecule has 5 nitrogen and oxygen atoms in total. The fourth-order valence-electron chi connectivity index (χ4n) is 1.19. The van der Waals surface area contributed by atoms with Gasteiger partial charge in [-0.1, -0.05) is 11.6 Å². The molecule has 0 fully saturated rings. The van der Waals surface area contributed by atoms with Crippen LogP contribution in [0.3, 0.4) is 0 Å². The minimum atomic E-state index is -1.53. The Morgan fingerprint density at radius 3 is 2.67 bits per heavy atom. The first kappa shape index (κ1) is 14.4. The summed E-state index contributed by atoms with van der Waals surface area (Å²) in [6.07, 6.45) is -1.64. The van der Waals surface area contributed by atoms with Gasteiger partial charge in [0.15, 0.2) is 6.10 Å². The zero-order valence-corrected chi connectivity index (χ0v) is 9.95. The van der Waals surface area contributed by atoms with Crippen molar-refractivity contribution < 1.29 is 24.2 Å². The molecule has 0 bridgehead atoms. The van der Waals surface area contributed by atoms with Crippen molar-refractivity contribution in [2.75, 3.05) is 6.54 Å². The predicted octanol–water partition coefficient (Wildman–Crippen LogP) is 1.04. The number of aliphatic carboxylic acids is 1. The lowest BCUT2D eigenvalue weighted by Crippen LogP contribution is -2.30. The summed E-state index contributed by atoms with van der Waals surface area (Å²) in [4.78, 5) is 21.8. The van der Waals surface area contributed by atoms with Crippen LogP contribution in [0.5, 0.6) is 0 Å². The van der Waals surface area contributed by atoms with E-state index in [2.05, 4.69) is 5.32 Å². The van der Waals surface area contributed by atoms with Gasteiger partial charge in [0.25, 0.3) is 5.91 Å². The summed E-state index contributed by atoms with van der Waals surface area (Å²) in [5.74, 6) is -2.50. The molecular formula is C11H11ClFNO4. The van der Waals surface area contributed by atoms with Crippen molar-refractivity contribution in [3.8, 4) is 0 Å². The number of aliphatic hydroxyl groups excluding tert-OH is 1. The zero-order chi connectivity index (χ0) is 13.7. The number of carboxylic acid groups (broad SMARTS) is 1. The summed E-state index contributed by atoms with van der Waals surface area (Å²) in [5.41, 5.74) is 0.159. The van der Waals surface area contributed by atoms with Crippen molar-refractivity contribution in [1.82, 2.24) is 5.32 Å². The quantitative estimate of drug-likeness (QED) is 0.749. The molecule has 98 valence electrons. The van der Waals surface area contributed by atoms with Crippen molar-refractivity contribution in [1.29, 1.82) is 0 Å². The van der Waals surface area contributed by atoms with E-state index in [1.807, 2.05) is 0 Å². The lowest BCUT2D eigenvalue weighted by atomic mass is 10.2. The highest BCUT2D eigenvalue weighted by molar-refractivity contribution is 6.31. The number of halogens is 2. The third kappa shape index (κ3) is 3.97. The highest BCUT2D eigenvalue weighted by Gasteiger charge is 2.13. The molecule has 1 atom stereocenters. The monoisotopic (exact) mass is 275 g/mol. The topological polar surface area (TPSA) is 86.6 Å². The van der Waals surface area contributed by atoms with E-state index >= 15 is 0 Å². The second kappa shape index (κ2) is 6.32. The summed E-state index contributed by atoms with van der Waals surface area (Å²) in [7, 11) is 0. The first-order valence-corrected chi connectivity index (χ1v) is 5.43. The van der Waals surface area contributed by atoms with Crippen LogP contribution in [0.2, 0.25) is 5.02 Å². The molecule has 1 aromatic carbocycles. The first-order chi connectivity index (χ1) is 8.41. The van der Waals surface area contributed by atoms with Crippen molar-refractivity contribution >= 4 is 23.5 Å². The number of hydrogen-bond donors (Lipinski definition) is 3. The number of nitrogens with one attached hydrogen (secondary N) is 1. The van der Waals surface area contributed by atoms with Crippen LogP contribution in [-0.4, -0.2) is 34.7 Å². The van der Waals surface area contributed by atoms with Crippen LogP contribution in [0, 0.1) is 5.82 Å². The highest BCUT2D eigenvalue weighted by Crippen LogP contribution is 2.15. The van der Waals surface area contributed by atoms with E-state index in [0.29, 0.717) is 0 Å². The van der Waals surface area contributed by atoms with Gasteiger partial charge >= 0.3 is 5.97 Å². The largest absolute Gasteiger partial charge is 0.479 e. The lowest BCUT2D eigenvalue weighted by Gasteiger charge is -2.07. The molecule has 1 rings (SSSR count). The highest BCUT2D eigenvalue weighted by atomic mass is 35.5. The molecular weight excluding hydrogens is 265 g/mol. The van der Waals surface area contributed by atoms with Crippen LogP contribution >= 0.6 is 11.6 Å². The molecule has 0 aliphatic heterocycles. The number of rotatable bonds is 5. The number of hydrogen-bond acceptors (Lipinski definition) is 3. The summed E-state index contributed by atoms with van der Waals surface area (Å²) in [6.45, 7) is -0.0126. The summed E-state index contributed by atoms with van der Waals surface area (Å²) < 4.78 is 12.8. The number of benzene rings is 1. The van der Waals surface area contributed by atoms with E-state index in [4.69, 9.17) is 21.8 Å². The minimum absolute atomic E-state index is 0.0126. The van der Waals surface area contributed by atoms with E-state index in [1.54, 1.807) is 0 Å². The minimum Gasteiger partial charge on any atom is -0.479 e. The number of aliphatic hydroxyl groups is 1. The van der Waals surface area contributed by atoms with Gasteiger partial charge in [0.1, 0.15) is 5.82 Å². The SMILES string of the molecule is O=C(NCCC(O)C(=O)O)c1ccc(F)c(Cl)c1. The zero-order valence-electron chi connectivity index (χ0n) is 9.19. The van der Waals surface area contributed by atoms with Gasteiger partial charge in [-0.05, 0) is 18.2 Å². The molecule has 0 aliphatic carbocycles. The average Bonchev–Trinajstić information content (AvgIpc) is 2.32. The predicted molar refractivity (Wildman–Crippen MR) is 62.0 cm³/mol. The van der Waals surface area contributed by atoms with Crippen LogP contribution in [-0.2, 0) is 4.79 Å². The van der Waals surface area contributed by atoms with Crippen molar-refractivity contribution in [2.24, 2.45) is 0 Å². The molecule has 0 heterocycles. The smallest absolute Gasteiger partial charge is 0.332 e. The first-order valence-electron chi connectivity index (χ1n) is 5.06. The Hall–Kier alpha value is -1.66. The Kier molecular flexibility index (Phi) is 5.06. The molecule has 0 radical (unpaired) electrons. The molecule has 1 amide bonds. The van der Waals surface area contributed by atoms with Gasteiger partial charge in [0.2, 0.25) is 0 Å². The van der Waals surface area contributed by atoms with Gasteiger partial charge in [0.05, 0.1) is 5.02 Å². The van der Waals surface area contributed by atoms with Crippen LogP contribution in [0.4, 0.5) is 4.39 Å².